The zero-order valence-electron chi connectivity index (χ0n) is 4.76. The minimum absolute atomic E-state index is 0. The van der Waals surface area contributed by atoms with Crippen LogP contribution in [-0.4, -0.2) is 17.5 Å². The quantitative estimate of drug-likeness (QED) is 0.300. The van der Waals surface area contributed by atoms with Crippen molar-refractivity contribution in [1.29, 1.82) is 0 Å². The summed E-state index contributed by atoms with van der Waals surface area (Å²) in [6.07, 6.45) is 0. The first-order valence-electron chi connectivity index (χ1n) is 1.37. The van der Waals surface area contributed by atoms with Crippen LogP contribution in [0.5, 0.6) is 0 Å². The molecule has 0 aromatic rings. The molecule has 0 rings (SSSR count). The molecule has 0 saturated carbocycles. The molecule has 84 valence electrons. The van der Waals surface area contributed by atoms with Crippen molar-refractivity contribution in [3.8, 4) is 0 Å². The zero-order chi connectivity index (χ0) is 9.00. The first-order chi connectivity index (χ1) is 4.00. The Morgan fingerprint density at radius 3 is 1.00 bits per heavy atom. The van der Waals surface area contributed by atoms with Gasteiger partial charge < -0.3 is 0 Å². The van der Waals surface area contributed by atoms with Gasteiger partial charge in [-0.3, -0.25) is 9.11 Å². The van der Waals surface area contributed by atoms with Crippen LogP contribution in [0.2, 0.25) is 0 Å². The summed E-state index contributed by atoms with van der Waals surface area (Å²) in [5, 5.41) is 0. The fraction of sp³-hybridized carbons (Fsp3) is 0. The summed E-state index contributed by atoms with van der Waals surface area (Å²) in [4.78, 5) is 0. The summed E-state index contributed by atoms with van der Waals surface area (Å²) >= 11 is -5.75. The standard InChI is InChI=1S/2Ag.Cr.H2O4S.4O/c;;;1-5(2,3)4;;;;/h;;;(H2,1,2,3,4);;;;/q2*+1;;;;;2*-1. The molecule has 0 unspecified atom stereocenters. The summed E-state index contributed by atoms with van der Waals surface area (Å²) in [6, 6.07) is 0. The average Bonchev–Trinajstić information content (AvgIpc) is 1.12. The number of hydrogen-bond acceptors (Lipinski definition) is 6. The van der Waals surface area contributed by atoms with Crippen molar-refractivity contribution < 1.29 is 91.8 Å². The predicted molar refractivity (Wildman–Crippen MR) is 15.6 cm³/mol. The summed E-state index contributed by atoms with van der Waals surface area (Å²) < 4.78 is 66.0. The first-order valence-corrected chi connectivity index (χ1v) is 4.84. The molecule has 0 aliphatic heterocycles. The maximum atomic E-state index is 8.74. The average molecular weight is 430 g/mol. The molecule has 0 spiro atoms. The Hall–Kier alpha value is 1.40. The zero-order valence-corrected chi connectivity index (χ0v) is 9.82. The van der Waals surface area contributed by atoms with Crippen LogP contribution >= 0.6 is 0 Å². The van der Waals surface area contributed by atoms with E-state index in [-0.39, 0.29) is 44.8 Å². The Balaban J connectivity index is -0.0000000457. The monoisotopic (exact) mass is 428 g/mol. The van der Waals surface area contributed by atoms with E-state index in [9.17, 15) is 0 Å². The fourth-order valence-corrected chi connectivity index (χ4v) is 0. The van der Waals surface area contributed by atoms with Crippen LogP contribution in [0, 0.1) is 0 Å². The van der Waals surface area contributed by atoms with Crippen molar-refractivity contribution in [2.24, 2.45) is 0 Å². The van der Waals surface area contributed by atoms with Crippen molar-refractivity contribution >= 4 is 10.4 Å². The molecule has 12 heteroatoms. The molecule has 0 aliphatic carbocycles. The summed E-state index contributed by atoms with van der Waals surface area (Å²) in [5.41, 5.74) is 0. The third-order valence-corrected chi connectivity index (χ3v) is 0. The van der Waals surface area contributed by atoms with Gasteiger partial charge in [0.1, 0.15) is 0 Å². The normalized spacial score (nSPS) is 9.67. The van der Waals surface area contributed by atoms with E-state index in [0.717, 1.165) is 0 Å². The Morgan fingerprint density at radius 1 is 1.00 bits per heavy atom. The van der Waals surface area contributed by atoms with E-state index >= 15 is 0 Å². The Bertz CT molecular complexity index is 213. The molecule has 0 atom stereocenters. The second kappa shape index (κ2) is 8.98. The van der Waals surface area contributed by atoms with Gasteiger partial charge in [-0.15, -0.1) is 0 Å². The van der Waals surface area contributed by atoms with Crippen LogP contribution in [0.25, 0.3) is 0 Å². The van der Waals surface area contributed by atoms with E-state index in [1.807, 2.05) is 0 Å². The number of rotatable bonds is 0. The van der Waals surface area contributed by atoms with Gasteiger partial charge in [0.2, 0.25) is 0 Å². The van der Waals surface area contributed by atoms with E-state index in [0.29, 0.717) is 0 Å². The fourth-order valence-electron chi connectivity index (χ4n) is 0. The summed E-state index contributed by atoms with van der Waals surface area (Å²) in [5.74, 6) is 0. The van der Waals surface area contributed by atoms with Crippen LogP contribution in [0.4, 0.5) is 0 Å². The van der Waals surface area contributed by atoms with Crippen LogP contribution in [0.15, 0.2) is 0 Å². The van der Waals surface area contributed by atoms with Crippen LogP contribution in [-0.2, 0) is 76.4 Å². The van der Waals surface area contributed by atoms with E-state index in [1.54, 1.807) is 0 Å². The van der Waals surface area contributed by atoms with E-state index in [4.69, 9.17) is 33.4 Å². The predicted octanol–water partition coefficient (Wildman–Crippen LogP) is -3.28. The third kappa shape index (κ3) is 627. The van der Waals surface area contributed by atoms with Crippen LogP contribution in [0.3, 0.4) is 0 Å². The van der Waals surface area contributed by atoms with Gasteiger partial charge in [-0.2, -0.15) is 8.42 Å². The van der Waals surface area contributed by atoms with Crippen molar-refractivity contribution in [3.05, 3.63) is 0 Å². The topological polar surface area (TPSA) is 155 Å². The Morgan fingerprint density at radius 2 is 1.00 bits per heavy atom. The molecule has 0 saturated heterocycles. The minimum atomic E-state index is -5.75. The molecular formula is H2Ag2CrO8S. The van der Waals surface area contributed by atoms with Crippen LogP contribution in [0.1, 0.15) is 0 Å². The molecule has 0 aromatic heterocycles. The molecular weight excluding hydrogens is 428 g/mol. The molecule has 12 heavy (non-hydrogen) atoms. The summed E-state index contributed by atoms with van der Waals surface area (Å²) in [6.45, 7) is 0. The third-order valence-electron chi connectivity index (χ3n) is 0. The molecule has 0 fully saturated rings. The molecule has 8 nitrogen and oxygen atoms in total. The Labute approximate surface area is 101 Å². The van der Waals surface area contributed by atoms with Crippen molar-refractivity contribution in [2.45, 2.75) is 0 Å². The van der Waals surface area contributed by atoms with Gasteiger partial charge in [0.15, 0.2) is 0 Å². The molecule has 0 aliphatic rings. The van der Waals surface area contributed by atoms with Crippen LogP contribution < -0.4 is 8.32 Å². The van der Waals surface area contributed by atoms with Gasteiger partial charge in [-0.05, 0) is 0 Å². The number of hydrogen-bond donors (Lipinski definition) is 2. The van der Waals surface area contributed by atoms with Gasteiger partial charge in [-0.1, -0.05) is 0 Å². The molecule has 0 bridgehead atoms. The van der Waals surface area contributed by atoms with Crippen molar-refractivity contribution in [1.82, 2.24) is 0 Å². The van der Waals surface area contributed by atoms with Gasteiger partial charge >= 0.3 is 84.7 Å². The Kier molecular flexibility index (Phi) is 17.4. The van der Waals surface area contributed by atoms with Gasteiger partial charge in [-0.25, -0.2) is 0 Å². The molecule has 0 aromatic carbocycles. The first kappa shape index (κ1) is 23.3. The second-order valence-corrected chi connectivity index (χ2v) is 3.03. The molecule has 0 radical (unpaired) electrons. The molecule has 0 heterocycles. The molecule has 0 amide bonds. The van der Waals surface area contributed by atoms with Crippen molar-refractivity contribution in [3.63, 3.8) is 0 Å². The maximum absolute atomic E-state index is 8.74. The van der Waals surface area contributed by atoms with E-state index in [1.165, 1.54) is 0 Å². The molecule has 2 N–H and O–H groups in total. The van der Waals surface area contributed by atoms with Gasteiger partial charge in [0.05, 0.1) is 0 Å². The van der Waals surface area contributed by atoms with E-state index in [2.05, 4.69) is 0 Å². The SMILES string of the molecule is O=S(=O)(O)O.[Ag+].[Ag+].[O]=[Cr](=[O])([O-])[O-]. The summed E-state index contributed by atoms with van der Waals surface area (Å²) in [7, 11) is -4.67. The van der Waals surface area contributed by atoms with E-state index < -0.39 is 24.0 Å². The van der Waals surface area contributed by atoms with Gasteiger partial charge in [0.25, 0.3) is 0 Å². The van der Waals surface area contributed by atoms with Gasteiger partial charge in [0, 0.05) is 0 Å². The van der Waals surface area contributed by atoms with Crippen molar-refractivity contribution in [2.75, 3.05) is 0 Å². The second-order valence-electron chi connectivity index (χ2n) is 0.856.